The Bertz CT molecular complexity index is 722. The molecular weight excluding hydrogens is 417 g/mol. The number of halogens is 3. The molecule has 0 amide bonds. The van der Waals surface area contributed by atoms with Crippen molar-refractivity contribution < 1.29 is 9.47 Å². The molecule has 8 heteroatoms. The summed E-state index contributed by atoms with van der Waals surface area (Å²) in [6.45, 7) is 0.310. The van der Waals surface area contributed by atoms with Gasteiger partial charge in [-0.3, -0.25) is 0 Å². The second kappa shape index (κ2) is 11.0. The van der Waals surface area contributed by atoms with E-state index in [-0.39, 0.29) is 0 Å². The third kappa shape index (κ3) is 6.49. The first kappa shape index (κ1) is 20.5. The van der Waals surface area contributed by atoms with E-state index in [9.17, 15) is 0 Å². The van der Waals surface area contributed by atoms with Gasteiger partial charge in [0, 0.05) is 10.2 Å². The van der Waals surface area contributed by atoms with E-state index in [4.69, 9.17) is 38.2 Å². The Morgan fingerprint density at radius 1 is 1.00 bits per heavy atom. The van der Waals surface area contributed by atoms with Gasteiger partial charge >= 0.3 is 0 Å². The van der Waals surface area contributed by atoms with Gasteiger partial charge in [0.25, 0.3) is 0 Å². The minimum atomic E-state index is 0.310. The lowest BCUT2D eigenvalue weighted by atomic mass is 10.2. The van der Waals surface area contributed by atoms with Crippen LogP contribution in [0, 0.1) is 0 Å². The SMILES string of the molecule is COc1cc(CBr)ccc1Cl.COc1cc(CN=[N+]=[N-])ccc1Cl. The molecule has 0 fully saturated rings. The summed E-state index contributed by atoms with van der Waals surface area (Å²) in [5.74, 6) is 1.32. The number of hydrogen-bond donors (Lipinski definition) is 0. The molecule has 0 spiro atoms. The lowest BCUT2D eigenvalue weighted by Gasteiger charge is -2.03. The molecule has 0 aliphatic carbocycles. The fourth-order valence-electron chi connectivity index (χ4n) is 1.70. The summed E-state index contributed by atoms with van der Waals surface area (Å²) in [6.07, 6.45) is 0. The Morgan fingerprint density at radius 3 is 1.96 bits per heavy atom. The number of azide groups is 1. The molecule has 128 valence electrons. The van der Waals surface area contributed by atoms with Crippen LogP contribution >= 0.6 is 39.1 Å². The number of ether oxygens (including phenoxy) is 2. The molecule has 0 N–H and O–H groups in total. The van der Waals surface area contributed by atoms with Crippen LogP contribution in [0.4, 0.5) is 0 Å². The van der Waals surface area contributed by atoms with Crippen LogP contribution in [-0.2, 0) is 11.9 Å². The summed E-state index contributed by atoms with van der Waals surface area (Å²) in [6, 6.07) is 11.0. The van der Waals surface area contributed by atoms with Gasteiger partial charge < -0.3 is 9.47 Å². The minimum Gasteiger partial charge on any atom is -0.495 e. The smallest absolute Gasteiger partial charge is 0.137 e. The van der Waals surface area contributed by atoms with Crippen molar-refractivity contribution >= 4 is 39.1 Å². The number of rotatable bonds is 5. The number of alkyl halides is 1. The molecule has 2 aromatic rings. The molecule has 0 saturated carbocycles. The van der Waals surface area contributed by atoms with Gasteiger partial charge in [-0.05, 0) is 40.9 Å². The highest BCUT2D eigenvalue weighted by molar-refractivity contribution is 9.08. The Morgan fingerprint density at radius 2 is 1.50 bits per heavy atom. The molecular formula is C16H16BrCl2N3O2. The zero-order chi connectivity index (χ0) is 17.9. The summed E-state index contributed by atoms with van der Waals surface area (Å²) in [5.41, 5.74) is 10.1. The molecule has 0 aliphatic heterocycles. The van der Waals surface area contributed by atoms with Crippen molar-refractivity contribution in [3.8, 4) is 11.5 Å². The average Bonchev–Trinajstić information content (AvgIpc) is 2.62. The predicted octanol–water partition coefficient (Wildman–Crippen LogP) is 6.40. The van der Waals surface area contributed by atoms with Crippen LogP contribution in [-0.4, -0.2) is 14.2 Å². The molecule has 2 aromatic carbocycles. The number of benzene rings is 2. The van der Waals surface area contributed by atoms with Crippen molar-refractivity contribution in [2.45, 2.75) is 11.9 Å². The molecule has 0 atom stereocenters. The second-order valence-electron chi connectivity index (χ2n) is 4.46. The number of methoxy groups -OCH3 is 2. The third-order valence-electron chi connectivity index (χ3n) is 2.90. The van der Waals surface area contributed by atoms with E-state index in [0.717, 1.165) is 22.2 Å². The summed E-state index contributed by atoms with van der Waals surface area (Å²) in [5, 5.41) is 5.45. The Balaban J connectivity index is 0.000000243. The summed E-state index contributed by atoms with van der Waals surface area (Å²) < 4.78 is 10.0. The maximum atomic E-state index is 8.11. The molecule has 2 rings (SSSR count). The van der Waals surface area contributed by atoms with Gasteiger partial charge in [-0.15, -0.1) is 0 Å². The summed E-state index contributed by atoms with van der Waals surface area (Å²) in [4.78, 5) is 2.66. The van der Waals surface area contributed by atoms with E-state index in [0.29, 0.717) is 22.3 Å². The van der Waals surface area contributed by atoms with Crippen molar-refractivity contribution in [1.82, 2.24) is 0 Å². The minimum absolute atomic E-state index is 0.310. The third-order valence-corrected chi connectivity index (χ3v) is 4.17. The summed E-state index contributed by atoms with van der Waals surface area (Å²) >= 11 is 15.0. The van der Waals surface area contributed by atoms with Crippen molar-refractivity contribution in [2.75, 3.05) is 14.2 Å². The molecule has 0 bridgehead atoms. The van der Waals surface area contributed by atoms with Crippen LogP contribution in [0.15, 0.2) is 41.5 Å². The van der Waals surface area contributed by atoms with Gasteiger partial charge in [0.15, 0.2) is 0 Å². The van der Waals surface area contributed by atoms with E-state index in [1.54, 1.807) is 32.4 Å². The van der Waals surface area contributed by atoms with E-state index in [2.05, 4.69) is 26.0 Å². The summed E-state index contributed by atoms with van der Waals surface area (Å²) in [7, 11) is 3.15. The highest BCUT2D eigenvalue weighted by atomic mass is 79.9. The second-order valence-corrected chi connectivity index (χ2v) is 5.84. The van der Waals surface area contributed by atoms with Gasteiger partial charge in [0.05, 0.1) is 30.8 Å². The van der Waals surface area contributed by atoms with Gasteiger partial charge in [0.1, 0.15) is 11.5 Å². The Kier molecular flexibility index (Phi) is 9.42. The fraction of sp³-hybridized carbons (Fsp3) is 0.250. The topological polar surface area (TPSA) is 67.2 Å². The lowest BCUT2D eigenvalue weighted by Crippen LogP contribution is -1.86. The van der Waals surface area contributed by atoms with Crippen molar-refractivity contribution in [1.29, 1.82) is 0 Å². The largest absolute Gasteiger partial charge is 0.495 e. The lowest BCUT2D eigenvalue weighted by molar-refractivity contribution is 0.414. The van der Waals surface area contributed by atoms with Crippen LogP contribution in [0.2, 0.25) is 10.0 Å². The molecule has 0 heterocycles. The van der Waals surface area contributed by atoms with Crippen LogP contribution in [0.1, 0.15) is 11.1 Å². The Hall–Kier alpha value is -1.59. The first-order chi connectivity index (χ1) is 11.5. The monoisotopic (exact) mass is 431 g/mol. The molecule has 0 aliphatic rings. The van der Waals surface area contributed by atoms with Gasteiger partial charge in [0.2, 0.25) is 0 Å². The standard InChI is InChI=1S/C8H8BrClO.C8H8ClN3O/c1-11-8-4-6(5-9)2-3-7(8)10;1-13-8-4-6(5-11-12-10)2-3-7(8)9/h2-4H,5H2,1H3;2-4H,5H2,1H3. The van der Waals surface area contributed by atoms with E-state index >= 15 is 0 Å². The van der Waals surface area contributed by atoms with Gasteiger partial charge in [-0.2, -0.15) is 0 Å². The highest BCUT2D eigenvalue weighted by Gasteiger charge is 2.01. The first-order valence-electron chi connectivity index (χ1n) is 6.77. The van der Waals surface area contributed by atoms with Crippen LogP contribution in [0.25, 0.3) is 10.4 Å². The molecule has 0 radical (unpaired) electrons. The van der Waals surface area contributed by atoms with Crippen molar-refractivity contribution in [3.05, 3.63) is 68.0 Å². The average molecular weight is 433 g/mol. The zero-order valence-electron chi connectivity index (χ0n) is 13.2. The van der Waals surface area contributed by atoms with Gasteiger partial charge in [-0.1, -0.05) is 56.4 Å². The van der Waals surface area contributed by atoms with Crippen LogP contribution in [0.3, 0.4) is 0 Å². The van der Waals surface area contributed by atoms with E-state index in [1.165, 1.54) is 0 Å². The molecule has 24 heavy (non-hydrogen) atoms. The maximum absolute atomic E-state index is 8.11. The number of hydrogen-bond acceptors (Lipinski definition) is 3. The van der Waals surface area contributed by atoms with Gasteiger partial charge in [-0.25, -0.2) is 0 Å². The van der Waals surface area contributed by atoms with Crippen LogP contribution in [0.5, 0.6) is 11.5 Å². The fourth-order valence-corrected chi connectivity index (χ4v) is 2.44. The number of nitrogens with zero attached hydrogens (tertiary/aromatic N) is 3. The highest BCUT2D eigenvalue weighted by Crippen LogP contribution is 2.26. The van der Waals surface area contributed by atoms with Crippen molar-refractivity contribution in [3.63, 3.8) is 0 Å². The Labute approximate surface area is 159 Å². The normalized spacial score (nSPS) is 9.38. The molecule has 0 unspecified atom stereocenters. The maximum Gasteiger partial charge on any atom is 0.137 e. The zero-order valence-corrected chi connectivity index (χ0v) is 16.3. The van der Waals surface area contributed by atoms with Crippen LogP contribution < -0.4 is 9.47 Å². The van der Waals surface area contributed by atoms with Crippen molar-refractivity contribution in [2.24, 2.45) is 5.11 Å². The molecule has 5 nitrogen and oxygen atoms in total. The molecule has 0 saturated heterocycles. The quantitative estimate of drug-likeness (QED) is 0.237. The molecule has 0 aromatic heterocycles. The van der Waals surface area contributed by atoms with E-state index < -0.39 is 0 Å². The predicted molar refractivity (Wildman–Crippen MR) is 101 cm³/mol. The van der Waals surface area contributed by atoms with E-state index in [1.807, 2.05) is 18.2 Å². The first-order valence-corrected chi connectivity index (χ1v) is 8.65.